The quantitative estimate of drug-likeness (QED) is 0.927. The Morgan fingerprint density at radius 3 is 2.52 bits per heavy atom. The van der Waals surface area contributed by atoms with E-state index in [0.717, 1.165) is 11.1 Å². The van der Waals surface area contributed by atoms with Gasteiger partial charge in [-0.1, -0.05) is 18.2 Å². The third-order valence-corrected chi connectivity index (χ3v) is 3.29. The summed E-state index contributed by atoms with van der Waals surface area (Å²) in [5.41, 5.74) is 2.40. The summed E-state index contributed by atoms with van der Waals surface area (Å²) in [5.74, 6) is -0.239. The lowest BCUT2D eigenvalue weighted by Crippen LogP contribution is -2.30. The molecule has 1 unspecified atom stereocenters. The minimum atomic E-state index is -0.716. The summed E-state index contributed by atoms with van der Waals surface area (Å²) in [6, 6.07) is 11.7. The van der Waals surface area contributed by atoms with Crippen molar-refractivity contribution in [3.8, 4) is 5.75 Å². The van der Waals surface area contributed by atoms with Crippen LogP contribution >= 0.6 is 0 Å². The number of anilines is 1. The molecule has 0 aliphatic carbocycles. The van der Waals surface area contributed by atoms with E-state index in [1.165, 1.54) is 12.1 Å². The van der Waals surface area contributed by atoms with Crippen LogP contribution < -0.4 is 10.1 Å². The zero-order valence-corrected chi connectivity index (χ0v) is 12.3. The van der Waals surface area contributed by atoms with Gasteiger partial charge in [-0.25, -0.2) is 4.39 Å². The number of ether oxygens (including phenoxy) is 1. The number of aryl methyl sites for hydroxylation is 2. The van der Waals surface area contributed by atoms with Crippen molar-refractivity contribution >= 4 is 11.6 Å². The molecular weight excluding hydrogens is 269 g/mol. The Morgan fingerprint density at radius 1 is 1.14 bits per heavy atom. The van der Waals surface area contributed by atoms with E-state index in [2.05, 4.69) is 5.32 Å². The van der Waals surface area contributed by atoms with E-state index in [0.29, 0.717) is 5.75 Å². The molecule has 4 heteroatoms. The Labute approximate surface area is 123 Å². The Kier molecular flexibility index (Phi) is 4.58. The van der Waals surface area contributed by atoms with Crippen molar-refractivity contribution in [1.29, 1.82) is 0 Å². The van der Waals surface area contributed by atoms with Crippen molar-refractivity contribution in [2.75, 3.05) is 5.32 Å². The predicted octanol–water partition coefficient (Wildman–Crippen LogP) is 3.85. The molecule has 0 aliphatic heterocycles. The van der Waals surface area contributed by atoms with Crippen molar-refractivity contribution in [3.05, 3.63) is 59.4 Å². The van der Waals surface area contributed by atoms with E-state index < -0.39 is 17.8 Å². The number of carbonyl (C=O) groups excluding carboxylic acids is 1. The number of amides is 1. The molecule has 0 spiro atoms. The van der Waals surface area contributed by atoms with Crippen molar-refractivity contribution in [2.45, 2.75) is 26.9 Å². The fraction of sp³-hybridized carbons (Fsp3) is 0.235. The van der Waals surface area contributed by atoms with Crippen LogP contribution in [0.4, 0.5) is 10.1 Å². The highest BCUT2D eigenvalue weighted by Crippen LogP contribution is 2.18. The second kappa shape index (κ2) is 6.39. The summed E-state index contributed by atoms with van der Waals surface area (Å²) >= 11 is 0. The zero-order chi connectivity index (χ0) is 15.4. The van der Waals surface area contributed by atoms with Crippen LogP contribution in [0.1, 0.15) is 18.1 Å². The monoisotopic (exact) mass is 287 g/mol. The van der Waals surface area contributed by atoms with Crippen LogP contribution in [0.15, 0.2) is 42.5 Å². The fourth-order valence-corrected chi connectivity index (χ4v) is 1.84. The smallest absolute Gasteiger partial charge is 0.265 e. The summed E-state index contributed by atoms with van der Waals surface area (Å²) in [6.07, 6.45) is -0.716. The third kappa shape index (κ3) is 3.81. The maximum absolute atomic E-state index is 13.5. The van der Waals surface area contributed by atoms with E-state index in [-0.39, 0.29) is 5.69 Å². The average molecular weight is 287 g/mol. The van der Waals surface area contributed by atoms with Gasteiger partial charge in [-0.05, 0) is 56.2 Å². The van der Waals surface area contributed by atoms with E-state index in [9.17, 15) is 9.18 Å². The molecule has 3 nitrogen and oxygen atoms in total. The average Bonchev–Trinajstić information content (AvgIpc) is 2.45. The van der Waals surface area contributed by atoms with Crippen LogP contribution in [0.2, 0.25) is 0 Å². The number of halogens is 1. The number of benzene rings is 2. The van der Waals surface area contributed by atoms with Gasteiger partial charge in [0.15, 0.2) is 6.10 Å². The van der Waals surface area contributed by atoms with Gasteiger partial charge in [0.25, 0.3) is 5.91 Å². The molecule has 0 heterocycles. The van der Waals surface area contributed by atoms with Crippen LogP contribution in [-0.4, -0.2) is 12.0 Å². The molecule has 0 saturated heterocycles. The van der Waals surface area contributed by atoms with Crippen LogP contribution in [0.3, 0.4) is 0 Å². The molecule has 1 amide bonds. The molecule has 0 radical (unpaired) electrons. The highest BCUT2D eigenvalue weighted by atomic mass is 19.1. The third-order valence-electron chi connectivity index (χ3n) is 3.29. The van der Waals surface area contributed by atoms with Crippen molar-refractivity contribution in [2.24, 2.45) is 0 Å². The lowest BCUT2D eigenvalue weighted by atomic mass is 10.1. The SMILES string of the molecule is Cc1ccc(OC(C)C(=O)Nc2ccccc2F)cc1C. The molecule has 2 aromatic rings. The van der Waals surface area contributed by atoms with Crippen LogP contribution in [0.5, 0.6) is 5.75 Å². The number of nitrogens with one attached hydrogen (secondary N) is 1. The lowest BCUT2D eigenvalue weighted by molar-refractivity contribution is -0.122. The molecule has 0 saturated carbocycles. The number of hydrogen-bond acceptors (Lipinski definition) is 2. The number of hydrogen-bond donors (Lipinski definition) is 1. The van der Waals surface area contributed by atoms with Gasteiger partial charge in [-0.2, -0.15) is 0 Å². The minimum Gasteiger partial charge on any atom is -0.481 e. The summed E-state index contributed by atoms with van der Waals surface area (Å²) in [6.45, 7) is 5.62. The lowest BCUT2D eigenvalue weighted by Gasteiger charge is -2.15. The second-order valence-electron chi connectivity index (χ2n) is 4.98. The first-order valence-electron chi connectivity index (χ1n) is 6.76. The molecule has 1 N–H and O–H groups in total. The van der Waals surface area contributed by atoms with Gasteiger partial charge >= 0.3 is 0 Å². The topological polar surface area (TPSA) is 38.3 Å². The molecular formula is C17H18FNO2. The largest absolute Gasteiger partial charge is 0.481 e. The molecule has 1 atom stereocenters. The van der Waals surface area contributed by atoms with Gasteiger partial charge in [-0.3, -0.25) is 4.79 Å². The molecule has 0 aromatic heterocycles. The number of rotatable bonds is 4. The van der Waals surface area contributed by atoms with Crippen LogP contribution in [0, 0.1) is 19.7 Å². The van der Waals surface area contributed by atoms with Gasteiger partial charge in [0.05, 0.1) is 5.69 Å². The van der Waals surface area contributed by atoms with Gasteiger partial charge < -0.3 is 10.1 Å². The maximum Gasteiger partial charge on any atom is 0.265 e. The highest BCUT2D eigenvalue weighted by molar-refractivity contribution is 5.94. The molecule has 110 valence electrons. The standard InChI is InChI=1S/C17H18FNO2/c1-11-8-9-14(10-12(11)2)21-13(3)17(20)19-16-7-5-4-6-15(16)18/h4-10,13H,1-3H3,(H,19,20). The molecule has 2 rings (SSSR count). The zero-order valence-electron chi connectivity index (χ0n) is 12.3. The maximum atomic E-state index is 13.5. The second-order valence-corrected chi connectivity index (χ2v) is 4.98. The molecule has 0 bridgehead atoms. The number of para-hydroxylation sites is 1. The van der Waals surface area contributed by atoms with Crippen molar-refractivity contribution < 1.29 is 13.9 Å². The Balaban J connectivity index is 2.02. The van der Waals surface area contributed by atoms with E-state index in [1.807, 2.05) is 32.0 Å². The Hall–Kier alpha value is -2.36. The minimum absolute atomic E-state index is 0.151. The summed E-state index contributed by atoms with van der Waals surface area (Å²) in [5, 5.41) is 2.52. The predicted molar refractivity (Wildman–Crippen MR) is 81.0 cm³/mol. The van der Waals surface area contributed by atoms with Crippen molar-refractivity contribution in [1.82, 2.24) is 0 Å². The Morgan fingerprint density at radius 2 is 1.86 bits per heavy atom. The normalized spacial score (nSPS) is 11.8. The molecule has 21 heavy (non-hydrogen) atoms. The number of carbonyl (C=O) groups is 1. The Bertz CT molecular complexity index is 655. The summed E-state index contributed by atoms with van der Waals surface area (Å²) in [7, 11) is 0. The summed E-state index contributed by atoms with van der Waals surface area (Å²) < 4.78 is 19.1. The first-order valence-corrected chi connectivity index (χ1v) is 6.76. The van der Waals surface area contributed by atoms with Crippen molar-refractivity contribution in [3.63, 3.8) is 0 Å². The molecule has 0 aliphatic rings. The van der Waals surface area contributed by atoms with Crippen LogP contribution in [-0.2, 0) is 4.79 Å². The van der Waals surface area contributed by atoms with Crippen LogP contribution in [0.25, 0.3) is 0 Å². The molecule has 2 aromatic carbocycles. The van der Waals surface area contributed by atoms with Gasteiger partial charge in [0, 0.05) is 0 Å². The van der Waals surface area contributed by atoms with Gasteiger partial charge in [0.2, 0.25) is 0 Å². The van der Waals surface area contributed by atoms with E-state index >= 15 is 0 Å². The van der Waals surface area contributed by atoms with E-state index in [4.69, 9.17) is 4.74 Å². The first-order chi connectivity index (χ1) is 9.97. The highest BCUT2D eigenvalue weighted by Gasteiger charge is 2.16. The van der Waals surface area contributed by atoms with Gasteiger partial charge in [0.1, 0.15) is 11.6 Å². The van der Waals surface area contributed by atoms with E-state index in [1.54, 1.807) is 19.1 Å². The summed E-state index contributed by atoms with van der Waals surface area (Å²) in [4.78, 5) is 12.0. The molecule has 0 fully saturated rings. The van der Waals surface area contributed by atoms with Gasteiger partial charge in [-0.15, -0.1) is 0 Å². The fourth-order valence-electron chi connectivity index (χ4n) is 1.84. The first kappa shape index (κ1) is 15.0.